The van der Waals surface area contributed by atoms with Gasteiger partial charge < -0.3 is 24.9 Å². The predicted molar refractivity (Wildman–Crippen MR) is 145 cm³/mol. The van der Waals surface area contributed by atoms with Gasteiger partial charge in [0.05, 0.1) is 25.2 Å². The van der Waals surface area contributed by atoms with Crippen LogP contribution in [0.4, 0.5) is 17.1 Å². The molecule has 10 heteroatoms. The highest BCUT2D eigenvalue weighted by molar-refractivity contribution is 6.71. The molecular weight excluding hydrogens is 502 g/mol. The third-order valence-electron chi connectivity index (χ3n) is 8.42. The molecule has 3 aliphatic heterocycles. The lowest BCUT2D eigenvalue weighted by molar-refractivity contribution is -0.148. The first-order chi connectivity index (χ1) is 18.1. The van der Waals surface area contributed by atoms with Crippen LogP contribution in [0.15, 0.2) is 48.5 Å². The van der Waals surface area contributed by atoms with E-state index in [0.29, 0.717) is 29.2 Å². The number of aliphatic hydroxyl groups excluding tert-OH is 1. The molecule has 3 amide bonds. The second-order valence-corrected chi connectivity index (χ2v) is 15.1. The minimum atomic E-state index is -2.91. The van der Waals surface area contributed by atoms with Crippen LogP contribution in [0.1, 0.15) is 31.7 Å². The number of carbonyl (C=O) groups excluding carboxylic acids is 3. The van der Waals surface area contributed by atoms with E-state index < -0.39 is 31.5 Å². The highest BCUT2D eigenvalue weighted by atomic mass is 28.4. The lowest BCUT2D eigenvalue weighted by Gasteiger charge is -2.32. The molecule has 9 nitrogen and oxygen atoms in total. The number of anilines is 3. The first kappa shape index (κ1) is 26.5. The van der Waals surface area contributed by atoms with Gasteiger partial charge in [0.2, 0.25) is 12.3 Å². The average molecular weight is 538 g/mol. The van der Waals surface area contributed by atoms with E-state index in [1.807, 2.05) is 50.3 Å². The summed E-state index contributed by atoms with van der Waals surface area (Å²) in [5.41, 5.74) is 0.661. The normalized spacial score (nSPS) is 28.4. The highest BCUT2D eigenvalue weighted by Crippen LogP contribution is 2.58. The summed E-state index contributed by atoms with van der Waals surface area (Å²) in [6.07, 6.45) is 1.68. The van der Waals surface area contributed by atoms with Crippen LogP contribution in [0.2, 0.25) is 18.6 Å². The van der Waals surface area contributed by atoms with E-state index >= 15 is 0 Å². The largest absolute Gasteiger partial charge is 0.432 e. The van der Waals surface area contributed by atoms with Crippen molar-refractivity contribution in [2.24, 2.45) is 5.92 Å². The molecule has 0 aliphatic carbocycles. The van der Waals surface area contributed by atoms with Gasteiger partial charge in [0.1, 0.15) is 0 Å². The zero-order chi connectivity index (χ0) is 27.2. The van der Waals surface area contributed by atoms with Crippen molar-refractivity contribution in [3.63, 3.8) is 0 Å². The lowest BCUT2D eigenvalue weighted by Crippen LogP contribution is -2.44. The van der Waals surface area contributed by atoms with Crippen LogP contribution in [0.5, 0.6) is 0 Å². The molecular formula is C28H35N3O6Si. The van der Waals surface area contributed by atoms with Crippen molar-refractivity contribution in [2.75, 3.05) is 23.4 Å². The Bertz CT molecular complexity index is 1230. The molecule has 1 spiro atoms. The maximum Gasteiger partial charge on any atom is 0.261 e. The summed E-state index contributed by atoms with van der Waals surface area (Å²) in [7, 11) is -2.91. The summed E-state index contributed by atoms with van der Waals surface area (Å²) in [4.78, 5) is 53.6. The Morgan fingerprint density at radius 1 is 1.24 bits per heavy atom. The molecule has 0 saturated carbocycles. The molecule has 2 aromatic carbocycles. The lowest BCUT2D eigenvalue weighted by atomic mass is 9.82. The van der Waals surface area contributed by atoms with E-state index in [1.165, 1.54) is 4.90 Å². The summed E-state index contributed by atoms with van der Waals surface area (Å²) >= 11 is 0. The van der Waals surface area contributed by atoms with E-state index in [9.17, 15) is 24.3 Å². The van der Waals surface area contributed by atoms with Crippen molar-refractivity contribution >= 4 is 43.6 Å². The van der Waals surface area contributed by atoms with Crippen molar-refractivity contribution < 1.29 is 29.0 Å². The Morgan fingerprint density at radius 2 is 1.97 bits per heavy atom. The van der Waals surface area contributed by atoms with Crippen molar-refractivity contribution in [2.45, 2.75) is 62.6 Å². The molecule has 2 fully saturated rings. The molecule has 3 aliphatic rings. The van der Waals surface area contributed by atoms with Gasteiger partial charge in [-0.25, -0.2) is 0 Å². The Kier molecular flexibility index (Phi) is 6.93. The Morgan fingerprint density at radius 3 is 2.63 bits per heavy atom. The van der Waals surface area contributed by atoms with Crippen molar-refractivity contribution in [3.05, 3.63) is 54.1 Å². The van der Waals surface area contributed by atoms with E-state index in [2.05, 4.69) is 5.32 Å². The topological polar surface area (TPSA) is 119 Å². The number of fused-ring (bicyclic) bond motifs is 2. The quantitative estimate of drug-likeness (QED) is 0.369. The number of likely N-dealkylation sites (tertiary alicyclic amines) is 1. The zero-order valence-electron chi connectivity index (χ0n) is 22.0. The number of amides is 3. The number of hydrogen-bond donors (Lipinski definition) is 3. The number of hydrogen-bond acceptors (Lipinski definition) is 6. The molecule has 38 heavy (non-hydrogen) atoms. The fourth-order valence-corrected chi connectivity index (χ4v) is 9.29. The third kappa shape index (κ3) is 4.25. The monoisotopic (exact) mass is 537 g/mol. The van der Waals surface area contributed by atoms with Gasteiger partial charge in [-0.05, 0) is 56.3 Å². The van der Waals surface area contributed by atoms with Gasteiger partial charge in [-0.15, -0.1) is 0 Å². The third-order valence-corrected chi connectivity index (χ3v) is 10.9. The number of nitrogens with one attached hydrogen (secondary N) is 1. The van der Waals surface area contributed by atoms with Gasteiger partial charge in [0, 0.05) is 40.6 Å². The summed E-state index contributed by atoms with van der Waals surface area (Å²) in [6.45, 7) is 6.02. The number of ether oxygens (including phenoxy) is 1. The van der Waals surface area contributed by atoms with E-state index in [0.717, 1.165) is 19.3 Å². The van der Waals surface area contributed by atoms with Crippen molar-refractivity contribution in [3.8, 4) is 0 Å². The minimum Gasteiger partial charge on any atom is -0.432 e. The van der Waals surface area contributed by atoms with Crippen LogP contribution < -0.4 is 10.2 Å². The highest BCUT2D eigenvalue weighted by Gasteiger charge is 2.65. The molecule has 2 saturated heterocycles. The summed E-state index contributed by atoms with van der Waals surface area (Å²) in [5, 5.41) is 12.7. The van der Waals surface area contributed by atoms with Crippen LogP contribution in [0.25, 0.3) is 0 Å². The number of carbonyl (C=O) groups is 3. The van der Waals surface area contributed by atoms with Gasteiger partial charge in [-0.1, -0.05) is 25.1 Å². The van der Waals surface area contributed by atoms with Gasteiger partial charge in [0.25, 0.3) is 5.91 Å². The predicted octanol–water partition coefficient (Wildman–Crippen LogP) is 3.10. The van der Waals surface area contributed by atoms with Crippen LogP contribution >= 0.6 is 0 Å². The number of benzene rings is 2. The second kappa shape index (κ2) is 9.92. The molecule has 0 aromatic heterocycles. The molecule has 202 valence electrons. The van der Waals surface area contributed by atoms with E-state index in [1.54, 1.807) is 23.1 Å². The Labute approximate surface area is 223 Å². The van der Waals surface area contributed by atoms with Crippen LogP contribution in [-0.2, 0) is 24.7 Å². The van der Waals surface area contributed by atoms with E-state index in [-0.39, 0.29) is 30.9 Å². The Balaban J connectivity index is 1.53. The molecule has 0 unspecified atom stereocenters. The second-order valence-electron chi connectivity index (χ2n) is 11.1. The van der Waals surface area contributed by atoms with Gasteiger partial charge in [-0.3, -0.25) is 19.3 Å². The summed E-state index contributed by atoms with van der Waals surface area (Å²) in [5.74, 6) is -0.887. The molecule has 5 atom stereocenters. The van der Waals surface area contributed by atoms with Gasteiger partial charge >= 0.3 is 0 Å². The maximum atomic E-state index is 13.6. The fraction of sp³-hybridized carbons (Fsp3) is 0.464. The van der Waals surface area contributed by atoms with Crippen molar-refractivity contribution in [1.29, 1.82) is 0 Å². The molecule has 0 radical (unpaired) electrons. The SMILES string of the molecule is C[C@H]1[C@H]([Si](C)(C)O)[C@@H](CC(=O)N2CCC[C@H]2CO)O[C@]12C(=O)Nc1ccc(N(C=O)c3ccccc3)cc12. The minimum absolute atomic E-state index is 0.0248. The van der Waals surface area contributed by atoms with Crippen molar-refractivity contribution in [1.82, 2.24) is 4.90 Å². The first-order valence-corrected chi connectivity index (χ1v) is 16.2. The van der Waals surface area contributed by atoms with Gasteiger partial charge in [-0.2, -0.15) is 0 Å². The molecule has 3 heterocycles. The molecule has 5 rings (SSSR count). The molecule has 3 N–H and O–H groups in total. The number of nitrogens with zero attached hydrogens (tertiary/aromatic N) is 2. The van der Waals surface area contributed by atoms with Crippen LogP contribution in [0, 0.1) is 5.92 Å². The van der Waals surface area contributed by atoms with Crippen LogP contribution in [-0.4, -0.2) is 66.6 Å². The summed E-state index contributed by atoms with van der Waals surface area (Å²) < 4.78 is 6.62. The average Bonchev–Trinajstić information content (AvgIpc) is 3.55. The maximum absolute atomic E-state index is 13.6. The van der Waals surface area contributed by atoms with E-state index in [4.69, 9.17) is 4.74 Å². The number of para-hydroxylation sites is 1. The summed E-state index contributed by atoms with van der Waals surface area (Å²) in [6, 6.07) is 14.3. The Hall–Kier alpha value is -3.05. The van der Waals surface area contributed by atoms with Crippen LogP contribution in [0.3, 0.4) is 0 Å². The number of aliphatic hydroxyl groups is 1. The van der Waals surface area contributed by atoms with Gasteiger partial charge in [0.15, 0.2) is 13.9 Å². The first-order valence-electron chi connectivity index (χ1n) is 13.2. The zero-order valence-corrected chi connectivity index (χ0v) is 23.0. The standard InChI is InChI=1S/C28H35N3O6Si/c1-18-26(38(2,3)36)24(15-25(34)30-13-7-10-21(30)16-32)37-28(18)22-14-20(11-12-23(22)29-27(28)35)31(17-33)19-8-5-4-6-9-19/h4-6,8-9,11-12,14,17-18,21,24,26,32,36H,7,10,13,15-16H2,1-3H3,(H,29,35)/t18-,21-,24+,26-,28+/m0/s1. The number of rotatable bonds is 7. The molecule has 2 aromatic rings. The molecule has 0 bridgehead atoms. The smallest absolute Gasteiger partial charge is 0.261 e. The fourth-order valence-electron chi connectivity index (χ4n) is 6.74.